The van der Waals surface area contributed by atoms with Gasteiger partial charge in [0.05, 0.1) is 7.11 Å². The number of carbonyl (C=O) groups excluding carboxylic acids is 2. The van der Waals surface area contributed by atoms with Crippen LogP contribution in [0.2, 0.25) is 0 Å². The lowest BCUT2D eigenvalue weighted by Gasteiger charge is -2.03. The van der Waals surface area contributed by atoms with Gasteiger partial charge in [-0.05, 0) is 0 Å². The number of halogens is 3. The number of alkyl halides is 3. The van der Waals surface area contributed by atoms with Crippen molar-refractivity contribution in [2.45, 2.75) is 11.8 Å². The first-order valence-electron chi connectivity index (χ1n) is 2.54. The molecular formula is C5H5ClF2O3. The van der Waals surface area contributed by atoms with Crippen LogP contribution >= 0.6 is 11.6 Å². The van der Waals surface area contributed by atoms with Gasteiger partial charge in [0, 0.05) is 0 Å². The minimum absolute atomic E-state index is 0.955. The van der Waals surface area contributed by atoms with Crippen molar-refractivity contribution in [3.05, 3.63) is 0 Å². The fraction of sp³-hybridized carbons (Fsp3) is 0.600. The zero-order valence-electron chi connectivity index (χ0n) is 5.51. The van der Waals surface area contributed by atoms with E-state index < -0.39 is 23.6 Å². The van der Waals surface area contributed by atoms with Gasteiger partial charge in [-0.2, -0.15) is 0 Å². The summed E-state index contributed by atoms with van der Waals surface area (Å²) >= 11 is 4.97. The smallest absolute Gasteiger partial charge is 0.331 e. The maximum atomic E-state index is 11.5. The van der Waals surface area contributed by atoms with Gasteiger partial charge < -0.3 is 4.74 Å². The van der Waals surface area contributed by atoms with Gasteiger partial charge in [-0.3, -0.25) is 4.79 Å². The predicted molar refractivity (Wildman–Crippen MR) is 32.7 cm³/mol. The van der Waals surface area contributed by atoms with Crippen LogP contribution in [0.3, 0.4) is 0 Å². The molecule has 0 aromatic rings. The molecule has 0 heterocycles. The van der Waals surface area contributed by atoms with Gasteiger partial charge in [-0.1, -0.05) is 0 Å². The van der Waals surface area contributed by atoms with Crippen LogP contribution in [-0.4, -0.2) is 30.7 Å². The van der Waals surface area contributed by atoms with Crippen LogP contribution in [-0.2, 0) is 14.3 Å². The van der Waals surface area contributed by atoms with Gasteiger partial charge in [-0.15, -0.1) is 11.6 Å². The molecule has 6 heteroatoms. The van der Waals surface area contributed by atoms with E-state index in [9.17, 15) is 18.4 Å². The van der Waals surface area contributed by atoms with Gasteiger partial charge in [0.1, 0.15) is 0 Å². The molecule has 0 amide bonds. The van der Waals surface area contributed by atoms with E-state index in [0.29, 0.717) is 0 Å². The molecule has 0 saturated carbocycles. The van der Waals surface area contributed by atoms with Crippen molar-refractivity contribution < 1.29 is 23.1 Å². The first-order valence-corrected chi connectivity index (χ1v) is 2.98. The Kier molecular flexibility index (Phi) is 3.95. The third kappa shape index (κ3) is 2.80. The molecule has 0 aromatic heterocycles. The van der Waals surface area contributed by atoms with Gasteiger partial charge in [0.25, 0.3) is 6.43 Å². The van der Waals surface area contributed by atoms with Crippen LogP contribution in [0.4, 0.5) is 8.78 Å². The van der Waals surface area contributed by atoms with Crippen molar-refractivity contribution in [3.8, 4) is 0 Å². The number of hydrogen-bond acceptors (Lipinski definition) is 3. The molecule has 0 rings (SSSR count). The Morgan fingerprint density at radius 3 is 2.18 bits per heavy atom. The highest BCUT2D eigenvalue weighted by Gasteiger charge is 2.31. The number of Topliss-reactive ketones (excluding diaryl/α,β-unsaturated/α-hetero) is 1. The molecule has 3 nitrogen and oxygen atoms in total. The molecule has 0 bridgehead atoms. The molecule has 0 N–H and O–H groups in total. The quantitative estimate of drug-likeness (QED) is 0.368. The second-order valence-corrected chi connectivity index (χ2v) is 2.03. The first kappa shape index (κ1) is 10.3. The van der Waals surface area contributed by atoms with E-state index in [1.165, 1.54) is 0 Å². The highest BCUT2D eigenvalue weighted by molar-refractivity contribution is 6.41. The maximum absolute atomic E-state index is 11.5. The van der Waals surface area contributed by atoms with Gasteiger partial charge in [0.15, 0.2) is 5.38 Å². The minimum Gasteiger partial charge on any atom is -0.468 e. The van der Waals surface area contributed by atoms with Crippen molar-refractivity contribution in [1.29, 1.82) is 0 Å². The molecule has 0 radical (unpaired) electrons. The van der Waals surface area contributed by atoms with Crippen LogP contribution in [0.25, 0.3) is 0 Å². The SMILES string of the molecule is COC(=O)C(Cl)C(=O)C(F)F. The lowest BCUT2D eigenvalue weighted by atomic mass is 10.3. The molecule has 0 aliphatic carbocycles. The Hall–Kier alpha value is -0.710. The largest absolute Gasteiger partial charge is 0.468 e. The van der Waals surface area contributed by atoms with Gasteiger partial charge in [0.2, 0.25) is 5.78 Å². The molecule has 0 aliphatic rings. The van der Waals surface area contributed by atoms with E-state index in [2.05, 4.69) is 4.74 Å². The number of esters is 1. The van der Waals surface area contributed by atoms with Crippen molar-refractivity contribution >= 4 is 23.4 Å². The molecule has 1 atom stereocenters. The molecule has 11 heavy (non-hydrogen) atoms. The van der Waals surface area contributed by atoms with Crippen LogP contribution in [0.1, 0.15) is 0 Å². The van der Waals surface area contributed by atoms with Crippen molar-refractivity contribution in [2.75, 3.05) is 7.11 Å². The topological polar surface area (TPSA) is 43.4 Å². The van der Waals surface area contributed by atoms with Crippen LogP contribution < -0.4 is 0 Å². The Morgan fingerprint density at radius 2 is 1.91 bits per heavy atom. The average molecular weight is 187 g/mol. The van der Waals surface area contributed by atoms with Gasteiger partial charge >= 0.3 is 5.97 Å². The zero-order valence-corrected chi connectivity index (χ0v) is 6.27. The summed E-state index contributed by atoms with van der Waals surface area (Å²) < 4.78 is 27.0. The Balaban J connectivity index is 4.13. The Bertz CT molecular complexity index is 171. The predicted octanol–water partition coefficient (Wildman–Crippen LogP) is 0.601. The third-order valence-electron chi connectivity index (χ3n) is 0.873. The fourth-order valence-corrected chi connectivity index (χ4v) is 0.515. The number of rotatable bonds is 3. The summed E-state index contributed by atoms with van der Waals surface area (Å²) in [6.45, 7) is 0. The fourth-order valence-electron chi connectivity index (χ4n) is 0.330. The molecule has 1 unspecified atom stereocenters. The van der Waals surface area contributed by atoms with E-state index in [-0.39, 0.29) is 0 Å². The standard InChI is InChI=1S/C5H5ClF2O3/c1-11-5(10)2(6)3(9)4(7)8/h2,4H,1H3. The Labute approximate surface area is 66.3 Å². The van der Waals surface area contributed by atoms with Crippen molar-refractivity contribution in [2.24, 2.45) is 0 Å². The summed E-state index contributed by atoms with van der Waals surface area (Å²) in [7, 11) is 0.955. The van der Waals surface area contributed by atoms with E-state index in [4.69, 9.17) is 11.6 Å². The minimum atomic E-state index is -3.24. The summed E-state index contributed by atoms with van der Waals surface area (Å²) in [6.07, 6.45) is -3.24. The monoisotopic (exact) mass is 186 g/mol. The first-order chi connectivity index (χ1) is 5.00. The van der Waals surface area contributed by atoms with Crippen molar-refractivity contribution in [1.82, 2.24) is 0 Å². The number of hydrogen-bond donors (Lipinski definition) is 0. The van der Waals surface area contributed by atoms with E-state index in [0.717, 1.165) is 7.11 Å². The number of methoxy groups -OCH3 is 1. The average Bonchev–Trinajstić information content (AvgIpc) is 2.00. The summed E-state index contributed by atoms with van der Waals surface area (Å²) in [6, 6.07) is 0. The highest BCUT2D eigenvalue weighted by atomic mass is 35.5. The highest BCUT2D eigenvalue weighted by Crippen LogP contribution is 2.06. The molecule has 0 fully saturated rings. The summed E-state index contributed by atoms with van der Waals surface area (Å²) in [5.41, 5.74) is 0. The lowest BCUT2D eigenvalue weighted by molar-refractivity contribution is -0.145. The van der Waals surface area contributed by atoms with Crippen molar-refractivity contribution in [3.63, 3.8) is 0 Å². The number of ether oxygens (including phenoxy) is 1. The van der Waals surface area contributed by atoms with Crippen LogP contribution in [0.5, 0.6) is 0 Å². The summed E-state index contributed by atoms with van der Waals surface area (Å²) in [4.78, 5) is 20.6. The maximum Gasteiger partial charge on any atom is 0.331 e. The molecule has 64 valence electrons. The zero-order chi connectivity index (χ0) is 9.02. The lowest BCUT2D eigenvalue weighted by Crippen LogP contribution is -2.30. The number of ketones is 1. The summed E-state index contributed by atoms with van der Waals surface area (Å²) in [5, 5.41) is -1.90. The normalized spacial score (nSPS) is 12.8. The van der Waals surface area contributed by atoms with E-state index >= 15 is 0 Å². The molecule has 0 aliphatic heterocycles. The summed E-state index contributed by atoms with van der Waals surface area (Å²) in [5.74, 6) is -2.81. The third-order valence-corrected chi connectivity index (χ3v) is 1.27. The van der Waals surface area contributed by atoms with Crippen LogP contribution in [0.15, 0.2) is 0 Å². The van der Waals surface area contributed by atoms with Gasteiger partial charge in [-0.25, -0.2) is 13.6 Å². The number of carbonyl (C=O) groups is 2. The second-order valence-electron chi connectivity index (χ2n) is 1.59. The molecule has 0 saturated heterocycles. The van der Waals surface area contributed by atoms with E-state index in [1.54, 1.807) is 0 Å². The van der Waals surface area contributed by atoms with E-state index in [1.807, 2.05) is 0 Å². The second kappa shape index (κ2) is 4.23. The Morgan fingerprint density at radius 1 is 1.45 bits per heavy atom. The molecular weight excluding hydrogens is 182 g/mol. The molecule has 0 aromatic carbocycles. The molecule has 0 spiro atoms. The van der Waals surface area contributed by atoms with Crippen LogP contribution in [0, 0.1) is 0 Å².